The largest absolute Gasteiger partial charge is 3.00 e. The summed E-state index contributed by atoms with van der Waals surface area (Å²) in [6.45, 7) is 0. The Labute approximate surface area is 64.5 Å². The third-order valence-corrected chi connectivity index (χ3v) is 0. The van der Waals surface area contributed by atoms with E-state index in [9.17, 15) is 0 Å². The van der Waals surface area contributed by atoms with Crippen LogP contribution in [0.5, 0.6) is 0 Å². The first-order chi connectivity index (χ1) is 0. The van der Waals surface area contributed by atoms with E-state index in [1.165, 1.54) is 0 Å². The van der Waals surface area contributed by atoms with Crippen molar-refractivity contribution in [2.45, 2.75) is 0 Å². The summed E-state index contributed by atoms with van der Waals surface area (Å²) in [5.41, 5.74) is 0. The number of hydrogen-bond donors (Lipinski definition) is 0. The van der Waals surface area contributed by atoms with Gasteiger partial charge >= 0.3 is 39.9 Å². The Morgan fingerprint density at radius 3 is 0.600 bits per heavy atom. The number of hydrogen-bond acceptors (Lipinski definition) is 0. The Morgan fingerprint density at radius 1 is 0.600 bits per heavy atom. The second kappa shape index (κ2) is 56.4. The molecule has 0 saturated heterocycles. The molecule has 0 N–H and O–H groups in total. The van der Waals surface area contributed by atoms with Gasteiger partial charge < -0.3 is 14.1 Å². The van der Waals surface area contributed by atoms with Crippen LogP contribution in [0.25, 0.3) is 0 Å². The zero-order valence-corrected chi connectivity index (χ0v) is 3.76. The van der Waals surface area contributed by atoms with E-state index in [1.54, 1.807) is 0 Å². The Morgan fingerprint density at radius 2 is 0.600 bits per heavy atom. The normalized spacial score (nSPS) is 0. The molecule has 5 heteroatoms. The second-order valence-electron chi connectivity index (χ2n) is 0. The monoisotopic (exact) mass is 247 g/mol. The summed E-state index contributed by atoms with van der Waals surface area (Å²) in [6.07, 6.45) is 0. The summed E-state index contributed by atoms with van der Waals surface area (Å²) in [4.78, 5) is 0. The molecule has 0 saturated carbocycles. The number of halogens is 3. The molecule has 0 heterocycles. The fourth-order valence-electron chi connectivity index (χ4n) is 0. The summed E-state index contributed by atoms with van der Waals surface area (Å²) in [6, 6.07) is 0. The molecule has 0 spiro atoms. The Hall–Kier alpha value is 1.33. The van der Waals surface area contributed by atoms with Gasteiger partial charge in [-0.25, -0.2) is 0 Å². The van der Waals surface area contributed by atoms with Crippen molar-refractivity contribution in [3.8, 4) is 0 Å². The molecule has 1 radical (unpaired) electrons. The molecule has 0 aromatic rings. The van der Waals surface area contributed by atoms with Crippen LogP contribution < -0.4 is 14.1 Å². The van der Waals surface area contributed by atoms with E-state index < -0.39 is 0 Å². The maximum absolute atomic E-state index is 0. The minimum absolute atomic E-state index is 0. The third kappa shape index (κ3) is 33.4. The molecule has 0 aromatic heterocycles. The van der Waals surface area contributed by atoms with E-state index in [4.69, 9.17) is 0 Å². The van der Waals surface area contributed by atoms with Gasteiger partial charge in [0.05, 0.1) is 0 Å². The quantitative estimate of drug-likeness (QED) is 0.373. The van der Waals surface area contributed by atoms with Crippen molar-refractivity contribution in [2.75, 3.05) is 0 Å². The standard InChI is InChI=1S/3FH.Gd.H4Si/h3*1H;;1H4/q;;;+3;/p-3. The van der Waals surface area contributed by atoms with Crippen LogP contribution in [0.1, 0.15) is 0 Å². The van der Waals surface area contributed by atoms with Crippen LogP contribution in [-0.2, 0) is 0 Å². The summed E-state index contributed by atoms with van der Waals surface area (Å²) in [7, 11) is 0. The zero-order chi connectivity index (χ0) is 0. The first-order valence-electron chi connectivity index (χ1n) is 0. The van der Waals surface area contributed by atoms with Gasteiger partial charge in [-0.05, 0) is 11.0 Å². The van der Waals surface area contributed by atoms with E-state index in [-0.39, 0.29) is 65.0 Å². The zero-order valence-electron chi connectivity index (χ0n) is 1.49. The summed E-state index contributed by atoms with van der Waals surface area (Å²) < 4.78 is 0. The first-order valence-corrected chi connectivity index (χ1v) is 0. The molecular formula is H4F3GdSi. The number of rotatable bonds is 0. The summed E-state index contributed by atoms with van der Waals surface area (Å²) >= 11 is 0. The van der Waals surface area contributed by atoms with Gasteiger partial charge in [0.2, 0.25) is 0 Å². The van der Waals surface area contributed by atoms with Crippen LogP contribution >= 0.6 is 0 Å². The average molecular weight is 246 g/mol. The van der Waals surface area contributed by atoms with Crippen LogP contribution in [0.2, 0.25) is 0 Å². The SMILES string of the molecule is [F-].[F-].[F-].[Gd+3].[SiH4]. The molecule has 0 unspecified atom stereocenters. The molecule has 0 bridgehead atoms. The Balaban J connectivity index is 0. The molecule has 0 aliphatic carbocycles. The van der Waals surface area contributed by atoms with Crippen molar-refractivity contribution in [1.29, 1.82) is 0 Å². The van der Waals surface area contributed by atoms with E-state index in [0.29, 0.717) is 0 Å². The maximum Gasteiger partial charge on any atom is 3.00 e. The van der Waals surface area contributed by atoms with Crippen LogP contribution in [0.3, 0.4) is 0 Å². The molecule has 0 atom stereocenters. The van der Waals surface area contributed by atoms with Crippen LogP contribution in [0.15, 0.2) is 0 Å². The van der Waals surface area contributed by atoms with Crippen molar-refractivity contribution in [2.24, 2.45) is 0 Å². The van der Waals surface area contributed by atoms with Gasteiger partial charge in [-0.1, -0.05) is 0 Å². The molecular weight excluding hydrogens is 242 g/mol. The average Bonchev–Trinajstić information content (AvgIpc) is 0. The minimum Gasteiger partial charge on any atom is -1.00 e. The Bertz CT molecular complexity index is 6.85. The maximum atomic E-state index is 0. The first kappa shape index (κ1) is 102. The summed E-state index contributed by atoms with van der Waals surface area (Å²) in [5.74, 6) is 0. The van der Waals surface area contributed by atoms with Crippen LogP contribution in [0, 0.1) is 39.9 Å². The van der Waals surface area contributed by atoms with Gasteiger partial charge in [-0.2, -0.15) is 0 Å². The van der Waals surface area contributed by atoms with Crippen LogP contribution in [0.4, 0.5) is 0 Å². The van der Waals surface area contributed by atoms with E-state index >= 15 is 0 Å². The van der Waals surface area contributed by atoms with Crippen molar-refractivity contribution in [3.05, 3.63) is 0 Å². The molecule has 0 nitrogen and oxygen atoms in total. The van der Waals surface area contributed by atoms with Crippen molar-refractivity contribution < 1.29 is 54.1 Å². The third-order valence-electron chi connectivity index (χ3n) is 0. The van der Waals surface area contributed by atoms with Gasteiger partial charge in [0.25, 0.3) is 0 Å². The van der Waals surface area contributed by atoms with Crippen molar-refractivity contribution in [1.82, 2.24) is 0 Å². The van der Waals surface area contributed by atoms with Gasteiger partial charge in [-0.15, -0.1) is 0 Å². The van der Waals surface area contributed by atoms with Crippen LogP contribution in [-0.4, -0.2) is 11.0 Å². The minimum atomic E-state index is 0. The molecule has 5 heavy (non-hydrogen) atoms. The molecule has 0 aliphatic heterocycles. The van der Waals surface area contributed by atoms with Gasteiger partial charge in [-0.3, -0.25) is 0 Å². The van der Waals surface area contributed by atoms with E-state index in [1.807, 2.05) is 0 Å². The Kier molecular flexibility index (Phi) is 1150. The van der Waals surface area contributed by atoms with E-state index in [2.05, 4.69) is 0 Å². The van der Waals surface area contributed by atoms with Gasteiger partial charge in [0, 0.05) is 0 Å². The molecule has 37 valence electrons. The van der Waals surface area contributed by atoms with E-state index in [0.717, 1.165) is 0 Å². The fourth-order valence-corrected chi connectivity index (χ4v) is 0. The summed E-state index contributed by atoms with van der Waals surface area (Å²) in [5, 5.41) is 0. The molecule has 0 amide bonds. The smallest absolute Gasteiger partial charge is 1.00 e. The van der Waals surface area contributed by atoms with Crippen molar-refractivity contribution >= 4 is 11.0 Å². The molecule has 0 rings (SSSR count). The predicted molar refractivity (Wildman–Crippen MR) is 11.3 cm³/mol. The predicted octanol–water partition coefficient (Wildman–Crippen LogP) is -10.4. The topological polar surface area (TPSA) is 0 Å². The molecule has 0 aromatic carbocycles. The van der Waals surface area contributed by atoms with Gasteiger partial charge in [0.1, 0.15) is 0 Å². The van der Waals surface area contributed by atoms with Gasteiger partial charge in [0.15, 0.2) is 0 Å². The molecule has 0 aliphatic rings. The second-order valence-corrected chi connectivity index (χ2v) is 0. The fraction of sp³-hybridized carbons (Fsp3) is 0. The van der Waals surface area contributed by atoms with Crippen molar-refractivity contribution in [3.63, 3.8) is 0 Å². The molecule has 0 fully saturated rings.